The molecule has 250 valence electrons. The molecule has 2 fully saturated rings. The number of anilines is 2. The van der Waals surface area contributed by atoms with Crippen molar-refractivity contribution in [2.24, 2.45) is 0 Å². The molecule has 3 aliphatic rings. The van der Waals surface area contributed by atoms with Crippen molar-refractivity contribution in [1.82, 2.24) is 9.80 Å². The molecule has 3 aromatic carbocycles. The van der Waals surface area contributed by atoms with E-state index in [0.29, 0.717) is 55.8 Å². The fourth-order valence-corrected chi connectivity index (χ4v) is 7.29. The lowest BCUT2D eigenvalue weighted by Crippen LogP contribution is -2.56. The Hall–Kier alpha value is -4.02. The summed E-state index contributed by atoms with van der Waals surface area (Å²) in [7, 11) is 0. The van der Waals surface area contributed by atoms with E-state index in [0.717, 1.165) is 24.3 Å². The fourth-order valence-electron chi connectivity index (χ4n) is 7.29. The number of ether oxygens (including phenoxy) is 1. The summed E-state index contributed by atoms with van der Waals surface area (Å²) in [6.07, 6.45) is 0.630. The molecule has 3 aromatic rings. The minimum atomic E-state index is -1.83. The second-order valence-electron chi connectivity index (χ2n) is 14.1. The monoisotopic (exact) mass is 646 g/mol. The standard InChI is InChI=1S/C37H44F2N4O4/c1-35(2,3)47-32(44)29-11-6-5-10-26(29)24-41-25-43(28-16-14-27(38)15-17-28)37(34(41)46)18-22-40(23-19-37)20-9-21-42-31-13-8-7-12-30(31)36(4,39)33(42)45/h5-8,10-17,33,45H,9,18-25H2,1-4H3. The number of piperidine rings is 1. The molecule has 0 aliphatic carbocycles. The van der Waals surface area contributed by atoms with Gasteiger partial charge in [-0.2, -0.15) is 0 Å². The zero-order valence-corrected chi connectivity index (χ0v) is 27.6. The molecule has 2 saturated heterocycles. The first-order chi connectivity index (χ1) is 22.3. The van der Waals surface area contributed by atoms with Crippen molar-refractivity contribution < 1.29 is 28.2 Å². The molecule has 0 bridgehead atoms. The van der Waals surface area contributed by atoms with Crippen molar-refractivity contribution in [2.75, 3.05) is 42.6 Å². The van der Waals surface area contributed by atoms with Gasteiger partial charge in [-0.25, -0.2) is 13.6 Å². The Balaban J connectivity index is 1.16. The highest BCUT2D eigenvalue weighted by molar-refractivity contribution is 5.94. The van der Waals surface area contributed by atoms with E-state index in [1.54, 1.807) is 46.2 Å². The predicted molar refractivity (Wildman–Crippen MR) is 177 cm³/mol. The summed E-state index contributed by atoms with van der Waals surface area (Å²) in [5.74, 6) is -0.788. The normalized spacial score (nSPS) is 22.7. The van der Waals surface area contributed by atoms with Crippen LogP contribution in [0, 0.1) is 5.82 Å². The van der Waals surface area contributed by atoms with Crippen molar-refractivity contribution in [3.8, 4) is 0 Å². The molecule has 3 heterocycles. The molecule has 6 rings (SSSR count). The average molecular weight is 647 g/mol. The molecule has 0 radical (unpaired) electrons. The highest BCUT2D eigenvalue weighted by atomic mass is 19.1. The maximum Gasteiger partial charge on any atom is 0.338 e. The maximum atomic E-state index is 15.3. The Kier molecular flexibility index (Phi) is 8.78. The third kappa shape index (κ3) is 6.33. The molecule has 0 aromatic heterocycles. The van der Waals surface area contributed by atoms with Crippen molar-refractivity contribution in [1.29, 1.82) is 0 Å². The zero-order chi connectivity index (χ0) is 33.6. The topological polar surface area (TPSA) is 76.6 Å². The summed E-state index contributed by atoms with van der Waals surface area (Å²) in [5.41, 5.74) is -0.162. The van der Waals surface area contributed by atoms with Crippen LogP contribution >= 0.6 is 0 Å². The Bertz CT molecular complexity index is 1620. The number of alkyl halides is 1. The van der Waals surface area contributed by atoms with Gasteiger partial charge >= 0.3 is 5.97 Å². The van der Waals surface area contributed by atoms with Gasteiger partial charge in [0.15, 0.2) is 11.9 Å². The Morgan fingerprint density at radius 1 is 0.979 bits per heavy atom. The number of esters is 1. The van der Waals surface area contributed by atoms with E-state index in [9.17, 15) is 19.1 Å². The van der Waals surface area contributed by atoms with Crippen LogP contribution in [0.15, 0.2) is 72.8 Å². The lowest BCUT2D eigenvalue weighted by Gasteiger charge is -2.43. The number of aliphatic hydroxyl groups excluding tert-OH is 1. The van der Waals surface area contributed by atoms with Gasteiger partial charge in [-0.15, -0.1) is 0 Å². The molecule has 2 atom stereocenters. The van der Waals surface area contributed by atoms with Gasteiger partial charge in [0.2, 0.25) is 5.91 Å². The van der Waals surface area contributed by atoms with Gasteiger partial charge in [-0.3, -0.25) is 4.79 Å². The summed E-state index contributed by atoms with van der Waals surface area (Å²) >= 11 is 0. The number of fused-ring (bicyclic) bond motifs is 1. The van der Waals surface area contributed by atoms with Crippen LogP contribution in [0.4, 0.5) is 20.2 Å². The molecule has 10 heteroatoms. The van der Waals surface area contributed by atoms with Crippen LogP contribution in [-0.4, -0.2) is 77.0 Å². The number of halogens is 2. The molecule has 0 saturated carbocycles. The summed E-state index contributed by atoms with van der Waals surface area (Å²) in [4.78, 5) is 35.3. The highest BCUT2D eigenvalue weighted by Crippen LogP contribution is 2.45. The van der Waals surface area contributed by atoms with Crippen molar-refractivity contribution >= 4 is 23.3 Å². The van der Waals surface area contributed by atoms with Gasteiger partial charge in [0.05, 0.1) is 12.2 Å². The second kappa shape index (κ2) is 12.5. The first-order valence-corrected chi connectivity index (χ1v) is 16.4. The molecule has 2 unspecified atom stereocenters. The number of hydrogen-bond donors (Lipinski definition) is 1. The Morgan fingerprint density at radius 2 is 1.64 bits per heavy atom. The SMILES string of the molecule is CC(C)(C)OC(=O)c1ccccc1CN1CN(c2ccc(F)cc2)C2(CCN(CCCN3c4ccccc4C(C)(F)C3O)CC2)C1=O. The number of aliphatic hydroxyl groups is 1. The summed E-state index contributed by atoms with van der Waals surface area (Å²) in [6.45, 7) is 10.0. The number of rotatable bonds is 8. The number of nitrogens with zero attached hydrogens (tertiary/aromatic N) is 4. The van der Waals surface area contributed by atoms with E-state index >= 15 is 4.39 Å². The minimum Gasteiger partial charge on any atom is -0.456 e. The smallest absolute Gasteiger partial charge is 0.338 e. The van der Waals surface area contributed by atoms with Crippen LogP contribution in [0.25, 0.3) is 0 Å². The van der Waals surface area contributed by atoms with Crippen LogP contribution in [0.3, 0.4) is 0 Å². The number of benzene rings is 3. The van der Waals surface area contributed by atoms with Crippen molar-refractivity contribution in [3.05, 3.63) is 95.3 Å². The van der Waals surface area contributed by atoms with E-state index < -0.39 is 29.0 Å². The number of amides is 1. The first kappa shape index (κ1) is 32.9. The summed E-state index contributed by atoms with van der Waals surface area (Å²) in [5, 5.41) is 10.8. The third-order valence-corrected chi connectivity index (χ3v) is 9.73. The molecule has 1 N–H and O–H groups in total. The Labute approximate surface area is 275 Å². The number of hydrogen-bond acceptors (Lipinski definition) is 7. The van der Waals surface area contributed by atoms with E-state index in [-0.39, 0.29) is 18.3 Å². The lowest BCUT2D eigenvalue weighted by atomic mass is 9.85. The van der Waals surface area contributed by atoms with E-state index in [1.807, 2.05) is 45.0 Å². The fraction of sp³-hybridized carbons (Fsp3) is 0.459. The van der Waals surface area contributed by atoms with Crippen LogP contribution in [-0.2, 0) is 21.7 Å². The van der Waals surface area contributed by atoms with Crippen LogP contribution in [0.2, 0.25) is 0 Å². The quantitative estimate of drug-likeness (QED) is 0.309. The van der Waals surface area contributed by atoms with E-state index in [1.165, 1.54) is 19.1 Å². The van der Waals surface area contributed by atoms with Crippen LogP contribution in [0.1, 0.15) is 68.4 Å². The number of likely N-dealkylation sites (tertiary alicyclic amines) is 1. The van der Waals surface area contributed by atoms with E-state index in [2.05, 4.69) is 9.80 Å². The second-order valence-corrected chi connectivity index (χ2v) is 14.1. The number of carbonyl (C=O) groups excluding carboxylic acids is 2. The molecule has 8 nitrogen and oxygen atoms in total. The average Bonchev–Trinajstić information content (AvgIpc) is 3.40. The molecular formula is C37H44F2N4O4. The summed E-state index contributed by atoms with van der Waals surface area (Å²) in [6, 6.07) is 20.7. The maximum absolute atomic E-state index is 15.3. The van der Waals surface area contributed by atoms with Gasteiger partial charge in [0, 0.05) is 43.1 Å². The van der Waals surface area contributed by atoms with Gasteiger partial charge in [-0.1, -0.05) is 36.4 Å². The Morgan fingerprint density at radius 3 is 2.34 bits per heavy atom. The highest BCUT2D eigenvalue weighted by Gasteiger charge is 2.54. The summed E-state index contributed by atoms with van der Waals surface area (Å²) < 4.78 is 34.9. The van der Waals surface area contributed by atoms with Crippen molar-refractivity contribution in [3.63, 3.8) is 0 Å². The third-order valence-electron chi connectivity index (χ3n) is 9.73. The number of para-hydroxylation sites is 1. The van der Waals surface area contributed by atoms with Gasteiger partial charge in [0.25, 0.3) is 0 Å². The van der Waals surface area contributed by atoms with Gasteiger partial charge in [-0.05, 0) is 95.5 Å². The molecule has 1 amide bonds. The molecular weight excluding hydrogens is 602 g/mol. The van der Waals surface area contributed by atoms with Gasteiger partial charge < -0.3 is 29.4 Å². The van der Waals surface area contributed by atoms with Crippen LogP contribution in [0.5, 0.6) is 0 Å². The predicted octanol–water partition coefficient (Wildman–Crippen LogP) is 5.84. The molecule has 1 spiro atoms. The van der Waals surface area contributed by atoms with Gasteiger partial charge in [0.1, 0.15) is 17.0 Å². The van der Waals surface area contributed by atoms with Crippen molar-refractivity contribution in [2.45, 2.75) is 76.5 Å². The first-order valence-electron chi connectivity index (χ1n) is 16.4. The minimum absolute atomic E-state index is 0.0144. The number of carbonyl (C=O) groups is 2. The van der Waals surface area contributed by atoms with Crippen LogP contribution < -0.4 is 9.80 Å². The molecule has 47 heavy (non-hydrogen) atoms. The van der Waals surface area contributed by atoms with E-state index in [4.69, 9.17) is 4.74 Å². The molecule has 3 aliphatic heterocycles. The largest absolute Gasteiger partial charge is 0.456 e. The lowest BCUT2D eigenvalue weighted by molar-refractivity contribution is -0.134. The zero-order valence-electron chi connectivity index (χ0n) is 27.6.